The number of benzene rings is 2. The van der Waals surface area contributed by atoms with Gasteiger partial charge in [0.1, 0.15) is 10.0 Å². The molecule has 0 aliphatic carbocycles. The molecule has 2 aromatic carbocycles. The maximum Gasteiger partial charge on any atom is 1.00 e. The predicted molar refractivity (Wildman–Crippen MR) is 83.4 cm³/mol. The van der Waals surface area contributed by atoms with Crippen molar-refractivity contribution in [1.82, 2.24) is 0 Å². The van der Waals surface area contributed by atoms with Crippen LogP contribution in [0, 0.1) is 10.1 Å². The van der Waals surface area contributed by atoms with E-state index in [-0.39, 0.29) is 46.7 Å². The second-order valence-corrected chi connectivity index (χ2v) is 6.05. The van der Waals surface area contributed by atoms with Crippen LogP contribution in [0.5, 0.6) is 0 Å². The molecular formula is C14H14N3NaO4S. The molecule has 0 aliphatic heterocycles. The van der Waals surface area contributed by atoms with Gasteiger partial charge in [-0.15, -0.1) is 6.54 Å². The quantitative estimate of drug-likeness (QED) is 0.324. The molecule has 9 heteroatoms. The van der Waals surface area contributed by atoms with Gasteiger partial charge in [0.25, 0.3) is 5.69 Å². The van der Waals surface area contributed by atoms with E-state index in [9.17, 15) is 18.5 Å². The first-order valence-corrected chi connectivity index (χ1v) is 7.90. The van der Waals surface area contributed by atoms with Crippen LogP contribution in [-0.4, -0.2) is 26.4 Å². The summed E-state index contributed by atoms with van der Waals surface area (Å²) in [5, 5.41) is 13.5. The number of nitro groups is 1. The standard InChI is InChI=1S/C14H14N3O4S.Na/c18-17(19)13-8-6-12(7-9-13)15-10-11-16-22(20,21)14-4-2-1-3-5-14;/h1-9,15H,10-11H2;/q-1;+1. The van der Waals surface area contributed by atoms with Gasteiger partial charge in [0.2, 0.25) is 0 Å². The molecule has 0 saturated carbocycles. The Morgan fingerprint density at radius 1 is 1.04 bits per heavy atom. The number of hydrogen-bond acceptors (Lipinski definition) is 5. The molecule has 0 radical (unpaired) electrons. The van der Waals surface area contributed by atoms with Crippen LogP contribution in [0.2, 0.25) is 0 Å². The number of nitrogens with one attached hydrogen (secondary N) is 1. The number of non-ortho nitro benzene ring substituents is 1. The largest absolute Gasteiger partial charge is 1.00 e. The minimum absolute atomic E-state index is 0. The number of nitro benzene ring substituents is 1. The van der Waals surface area contributed by atoms with Gasteiger partial charge in [-0.05, 0) is 30.8 Å². The summed E-state index contributed by atoms with van der Waals surface area (Å²) in [7, 11) is -3.64. The Hall–Kier alpha value is -1.45. The fourth-order valence-electron chi connectivity index (χ4n) is 1.73. The molecule has 0 aromatic heterocycles. The van der Waals surface area contributed by atoms with Crippen LogP contribution in [0.1, 0.15) is 0 Å². The Balaban J connectivity index is 0.00000264. The summed E-state index contributed by atoms with van der Waals surface area (Å²) in [6, 6.07) is 13.9. The average Bonchev–Trinajstić information content (AvgIpc) is 2.53. The van der Waals surface area contributed by atoms with Crippen molar-refractivity contribution >= 4 is 21.4 Å². The van der Waals surface area contributed by atoms with E-state index in [1.54, 1.807) is 30.3 Å². The minimum Gasteiger partial charge on any atom is -0.543 e. The molecule has 0 spiro atoms. The van der Waals surface area contributed by atoms with E-state index >= 15 is 0 Å². The topological polar surface area (TPSA) is 103 Å². The van der Waals surface area contributed by atoms with Crippen LogP contribution in [0.4, 0.5) is 11.4 Å². The van der Waals surface area contributed by atoms with Crippen molar-refractivity contribution in [2.75, 3.05) is 18.4 Å². The molecule has 0 heterocycles. The third kappa shape index (κ3) is 5.92. The first-order valence-electron chi connectivity index (χ1n) is 6.46. The van der Waals surface area contributed by atoms with Gasteiger partial charge in [-0.3, -0.25) is 10.1 Å². The Bertz CT molecular complexity index is 736. The smallest absolute Gasteiger partial charge is 0.543 e. The van der Waals surface area contributed by atoms with Crippen molar-refractivity contribution in [2.45, 2.75) is 4.90 Å². The van der Waals surface area contributed by atoms with Gasteiger partial charge in [0.15, 0.2) is 0 Å². The molecule has 23 heavy (non-hydrogen) atoms. The fourth-order valence-corrected chi connectivity index (χ4v) is 2.72. The summed E-state index contributed by atoms with van der Waals surface area (Å²) in [4.78, 5) is 10.2. The van der Waals surface area contributed by atoms with E-state index in [0.29, 0.717) is 12.2 Å². The molecule has 0 bridgehead atoms. The summed E-state index contributed by atoms with van der Waals surface area (Å²) < 4.78 is 27.5. The Kier molecular flexibility index (Phi) is 7.66. The fraction of sp³-hybridized carbons (Fsp3) is 0.143. The van der Waals surface area contributed by atoms with Crippen molar-refractivity contribution in [3.05, 3.63) is 69.4 Å². The Morgan fingerprint density at radius 3 is 2.22 bits per heavy atom. The molecular weight excluding hydrogens is 329 g/mol. The number of nitrogens with zero attached hydrogens (tertiary/aromatic N) is 2. The first-order chi connectivity index (χ1) is 10.5. The number of rotatable bonds is 7. The van der Waals surface area contributed by atoms with Crippen LogP contribution in [-0.2, 0) is 10.0 Å². The second kappa shape index (κ2) is 8.99. The monoisotopic (exact) mass is 343 g/mol. The molecule has 0 amide bonds. The van der Waals surface area contributed by atoms with Gasteiger partial charge in [-0.2, -0.15) is 0 Å². The van der Waals surface area contributed by atoms with Crippen molar-refractivity contribution in [2.24, 2.45) is 0 Å². The molecule has 7 nitrogen and oxygen atoms in total. The first kappa shape index (κ1) is 19.6. The summed E-state index contributed by atoms with van der Waals surface area (Å²) in [5.74, 6) is 0. The maximum atomic E-state index is 11.9. The molecule has 1 N–H and O–H groups in total. The Morgan fingerprint density at radius 2 is 1.65 bits per heavy atom. The molecule has 0 atom stereocenters. The third-order valence-electron chi connectivity index (χ3n) is 2.82. The molecule has 0 fully saturated rings. The molecule has 0 aliphatic rings. The van der Waals surface area contributed by atoms with Gasteiger partial charge < -0.3 is 10.0 Å². The van der Waals surface area contributed by atoms with E-state index in [2.05, 4.69) is 10.0 Å². The second-order valence-electron chi connectivity index (χ2n) is 4.37. The van der Waals surface area contributed by atoms with E-state index in [1.807, 2.05) is 0 Å². The van der Waals surface area contributed by atoms with Gasteiger partial charge in [0, 0.05) is 22.7 Å². The van der Waals surface area contributed by atoms with Crippen LogP contribution in [0.15, 0.2) is 59.5 Å². The summed E-state index contributed by atoms with van der Waals surface area (Å²) >= 11 is 0. The number of hydrogen-bond donors (Lipinski definition) is 1. The number of anilines is 1. The van der Waals surface area contributed by atoms with E-state index < -0.39 is 14.9 Å². The van der Waals surface area contributed by atoms with Crippen molar-refractivity contribution < 1.29 is 42.9 Å². The molecule has 0 saturated heterocycles. The summed E-state index contributed by atoms with van der Waals surface area (Å²) in [5.41, 5.74) is 0.666. The maximum absolute atomic E-state index is 11.9. The molecule has 116 valence electrons. The van der Waals surface area contributed by atoms with E-state index in [0.717, 1.165) is 0 Å². The zero-order valence-electron chi connectivity index (χ0n) is 12.5. The van der Waals surface area contributed by atoms with Gasteiger partial charge >= 0.3 is 29.6 Å². The molecule has 2 rings (SSSR count). The van der Waals surface area contributed by atoms with Crippen molar-refractivity contribution in [1.29, 1.82) is 0 Å². The van der Waals surface area contributed by atoms with Gasteiger partial charge in [0.05, 0.1) is 4.92 Å². The van der Waals surface area contributed by atoms with Crippen molar-refractivity contribution in [3.63, 3.8) is 0 Å². The summed E-state index contributed by atoms with van der Waals surface area (Å²) in [6.45, 7) is 0.387. The van der Waals surface area contributed by atoms with Crippen LogP contribution in [0.25, 0.3) is 4.72 Å². The van der Waals surface area contributed by atoms with Crippen LogP contribution >= 0.6 is 0 Å². The Labute approximate surface area is 156 Å². The minimum atomic E-state index is -3.64. The van der Waals surface area contributed by atoms with E-state index in [1.165, 1.54) is 24.3 Å². The van der Waals surface area contributed by atoms with Crippen LogP contribution in [0.3, 0.4) is 0 Å². The predicted octanol–water partition coefficient (Wildman–Crippen LogP) is -0.227. The SMILES string of the molecule is O=[N+]([O-])c1ccc(NCC[N-]S(=O)(=O)c2ccccc2)cc1.[Na+]. The molecule has 2 aromatic rings. The normalized spacial score (nSPS) is 10.6. The van der Waals surface area contributed by atoms with Gasteiger partial charge in [-0.1, -0.05) is 18.2 Å². The number of sulfonamides is 1. The third-order valence-corrected chi connectivity index (χ3v) is 4.21. The van der Waals surface area contributed by atoms with Crippen molar-refractivity contribution in [3.8, 4) is 0 Å². The van der Waals surface area contributed by atoms with Gasteiger partial charge in [-0.25, -0.2) is 8.42 Å². The zero-order valence-corrected chi connectivity index (χ0v) is 15.4. The molecule has 0 unspecified atom stereocenters. The zero-order chi connectivity index (χ0) is 16.0. The summed E-state index contributed by atoms with van der Waals surface area (Å²) in [6.07, 6.45) is 0. The van der Waals surface area contributed by atoms with Crippen LogP contribution < -0.4 is 34.9 Å². The van der Waals surface area contributed by atoms with E-state index in [4.69, 9.17) is 0 Å². The average molecular weight is 343 g/mol.